The van der Waals surface area contributed by atoms with Crippen molar-refractivity contribution in [3.63, 3.8) is 0 Å². The lowest BCUT2D eigenvalue weighted by atomic mass is 10.1. The zero-order chi connectivity index (χ0) is 25.4. The minimum atomic E-state index is -2.57. The van der Waals surface area contributed by atoms with Gasteiger partial charge in [-0.05, 0) is 51.1 Å². The van der Waals surface area contributed by atoms with E-state index in [0.717, 1.165) is 33.2 Å². The lowest BCUT2D eigenvalue weighted by Crippen LogP contribution is -2.74. The van der Waals surface area contributed by atoms with Crippen LogP contribution in [-0.4, -0.2) is 13.1 Å². The maximum absolute atomic E-state index is 6.04. The van der Waals surface area contributed by atoms with Crippen LogP contribution in [0.1, 0.15) is 0 Å². The molecule has 0 N–H and O–H groups in total. The van der Waals surface area contributed by atoms with Crippen molar-refractivity contribution in [1.29, 1.82) is 0 Å². The third-order valence-corrected chi connectivity index (χ3v) is 12.2. The van der Waals surface area contributed by atoms with Crippen LogP contribution in [0.5, 0.6) is 0 Å². The molecule has 180 valence electrons. The maximum Gasteiger partial charge on any atom is 0.181 e. The number of aromatic nitrogens is 1. The second kappa shape index (κ2) is 9.29. The Morgan fingerprint density at radius 1 is 0.447 bits per heavy atom. The van der Waals surface area contributed by atoms with E-state index in [2.05, 4.69) is 140 Å². The highest BCUT2D eigenvalue weighted by Crippen LogP contribution is 2.31. The summed E-state index contributed by atoms with van der Waals surface area (Å²) < 4.78 is 6.04. The molecule has 2 aromatic heterocycles. The van der Waals surface area contributed by atoms with Gasteiger partial charge in [-0.15, -0.1) is 0 Å². The molecule has 0 atom stereocenters. The molecule has 0 saturated heterocycles. The molecule has 0 aliphatic carbocycles. The molecule has 7 rings (SSSR count). The van der Waals surface area contributed by atoms with Crippen LogP contribution >= 0.6 is 0 Å². The Morgan fingerprint density at radius 2 is 1.00 bits per heavy atom. The molecule has 38 heavy (non-hydrogen) atoms. The lowest BCUT2D eigenvalue weighted by Gasteiger charge is -2.34. The van der Waals surface area contributed by atoms with E-state index < -0.39 is 8.07 Å². The zero-order valence-corrected chi connectivity index (χ0v) is 21.8. The van der Waals surface area contributed by atoms with Crippen molar-refractivity contribution >= 4 is 50.8 Å². The Hall–Kier alpha value is -4.73. The molecule has 0 unspecified atom stereocenters. The van der Waals surface area contributed by atoms with E-state index in [4.69, 9.17) is 9.40 Å². The lowest BCUT2D eigenvalue weighted by molar-refractivity contribution is 0.669. The van der Waals surface area contributed by atoms with Crippen molar-refractivity contribution in [2.24, 2.45) is 0 Å². The summed E-state index contributed by atoms with van der Waals surface area (Å²) in [4.78, 5) is 5.07. The van der Waals surface area contributed by atoms with Gasteiger partial charge in [0, 0.05) is 22.5 Å². The molecular weight excluding hydrogens is 478 g/mol. The van der Waals surface area contributed by atoms with Crippen LogP contribution < -0.4 is 20.7 Å². The molecule has 0 spiro atoms. The van der Waals surface area contributed by atoms with E-state index in [9.17, 15) is 0 Å². The summed E-state index contributed by atoms with van der Waals surface area (Å²) in [5.41, 5.74) is 3.85. The van der Waals surface area contributed by atoms with Gasteiger partial charge in [-0.3, -0.25) is 4.98 Å². The molecule has 3 heteroatoms. The molecule has 2 heterocycles. The van der Waals surface area contributed by atoms with Gasteiger partial charge in [-0.2, -0.15) is 0 Å². The normalized spacial score (nSPS) is 11.7. The van der Waals surface area contributed by atoms with E-state index in [1.54, 1.807) is 0 Å². The summed E-state index contributed by atoms with van der Waals surface area (Å²) in [5.74, 6) is 0. The van der Waals surface area contributed by atoms with Crippen LogP contribution in [0.3, 0.4) is 0 Å². The number of furan rings is 1. The quantitative estimate of drug-likeness (QED) is 0.212. The Bertz CT molecular complexity index is 1750. The molecular formula is C35H25NOSi. The number of pyridine rings is 1. The van der Waals surface area contributed by atoms with E-state index in [1.165, 1.54) is 20.7 Å². The molecule has 2 nitrogen and oxygen atoms in total. The molecule has 0 aliphatic rings. The van der Waals surface area contributed by atoms with Gasteiger partial charge in [0.2, 0.25) is 0 Å². The second-order valence-electron chi connectivity index (χ2n) is 9.59. The smallest absolute Gasteiger partial charge is 0.181 e. The fourth-order valence-corrected chi connectivity index (χ4v) is 10.4. The first kappa shape index (κ1) is 22.5. The van der Waals surface area contributed by atoms with Crippen molar-refractivity contribution < 1.29 is 4.42 Å². The molecule has 7 aromatic rings. The Kier molecular flexibility index (Phi) is 5.49. The fourth-order valence-electron chi connectivity index (χ4n) is 5.74. The standard InChI is InChI=1S/C35H25NOSi/c1-4-12-27(13-5-1)38(28-14-6-2-7-15-28,29-16-8-3-9-17-29)30-21-22-33(36-25-30)26-20-23-35-32(24-26)31-18-10-11-19-34(31)37-35/h1-25H. The average Bonchev–Trinajstić information content (AvgIpc) is 3.38. The van der Waals surface area contributed by atoms with E-state index in [-0.39, 0.29) is 0 Å². The van der Waals surface area contributed by atoms with Crippen LogP contribution in [0.25, 0.3) is 33.2 Å². The summed E-state index contributed by atoms with van der Waals surface area (Å²) in [6.07, 6.45) is 2.10. The number of benzene rings is 5. The predicted molar refractivity (Wildman–Crippen MR) is 161 cm³/mol. The number of rotatable bonds is 5. The molecule has 0 bridgehead atoms. The average molecular weight is 504 g/mol. The van der Waals surface area contributed by atoms with E-state index in [1.807, 2.05) is 12.1 Å². The van der Waals surface area contributed by atoms with Gasteiger partial charge < -0.3 is 4.42 Å². The van der Waals surface area contributed by atoms with Crippen LogP contribution in [0, 0.1) is 0 Å². The topological polar surface area (TPSA) is 26.0 Å². The number of fused-ring (bicyclic) bond motifs is 3. The van der Waals surface area contributed by atoms with E-state index in [0.29, 0.717) is 0 Å². The SMILES string of the molecule is c1ccc([Si](c2ccccc2)(c2ccccc2)c2ccc(-c3ccc4oc5ccccc5c4c3)nc2)cc1. The molecule has 0 aliphatic heterocycles. The third-order valence-electron chi connectivity index (χ3n) is 7.49. The minimum absolute atomic E-state index is 0.898. The van der Waals surface area contributed by atoms with Crippen molar-refractivity contribution in [1.82, 2.24) is 4.98 Å². The fraction of sp³-hybridized carbons (Fsp3) is 0. The van der Waals surface area contributed by atoms with E-state index >= 15 is 0 Å². The number of nitrogens with zero attached hydrogens (tertiary/aromatic N) is 1. The third kappa shape index (κ3) is 3.59. The van der Waals surface area contributed by atoms with Gasteiger partial charge in [0.05, 0.1) is 5.69 Å². The summed E-state index contributed by atoms with van der Waals surface area (Å²) in [6, 6.07) is 51.8. The van der Waals surface area contributed by atoms with Crippen molar-refractivity contribution in [2.45, 2.75) is 0 Å². The van der Waals surface area contributed by atoms with Gasteiger partial charge >= 0.3 is 0 Å². The molecule has 0 radical (unpaired) electrons. The highest BCUT2D eigenvalue weighted by molar-refractivity contribution is 7.19. The number of para-hydroxylation sites is 1. The first-order chi connectivity index (χ1) is 18.8. The predicted octanol–water partition coefficient (Wildman–Crippen LogP) is 6.03. The zero-order valence-electron chi connectivity index (χ0n) is 20.8. The molecule has 0 fully saturated rings. The van der Waals surface area contributed by atoms with Crippen LogP contribution in [0.2, 0.25) is 0 Å². The van der Waals surface area contributed by atoms with Gasteiger partial charge in [0.15, 0.2) is 8.07 Å². The van der Waals surface area contributed by atoms with Gasteiger partial charge in [0.1, 0.15) is 11.2 Å². The highest BCUT2D eigenvalue weighted by Gasteiger charge is 2.41. The monoisotopic (exact) mass is 503 g/mol. The molecule has 5 aromatic carbocycles. The summed E-state index contributed by atoms with van der Waals surface area (Å²) in [7, 11) is -2.57. The summed E-state index contributed by atoms with van der Waals surface area (Å²) >= 11 is 0. The molecule has 0 amide bonds. The Labute approximate surface area is 222 Å². The first-order valence-corrected chi connectivity index (χ1v) is 14.9. The van der Waals surface area contributed by atoms with Crippen LogP contribution in [0.15, 0.2) is 156 Å². The number of hydrogen-bond acceptors (Lipinski definition) is 2. The van der Waals surface area contributed by atoms with Crippen molar-refractivity contribution in [3.8, 4) is 11.3 Å². The second-order valence-corrected chi connectivity index (χ2v) is 13.4. The van der Waals surface area contributed by atoms with Crippen molar-refractivity contribution in [2.75, 3.05) is 0 Å². The summed E-state index contributed by atoms with van der Waals surface area (Å²) in [5, 5.41) is 7.55. The molecule has 0 saturated carbocycles. The highest BCUT2D eigenvalue weighted by atomic mass is 28.3. The van der Waals surface area contributed by atoms with Crippen LogP contribution in [0.4, 0.5) is 0 Å². The Balaban J connectivity index is 1.42. The van der Waals surface area contributed by atoms with Crippen molar-refractivity contribution in [3.05, 3.63) is 152 Å². The Morgan fingerprint density at radius 3 is 1.58 bits per heavy atom. The first-order valence-electron chi connectivity index (χ1n) is 12.9. The van der Waals surface area contributed by atoms with Gasteiger partial charge in [-0.25, -0.2) is 0 Å². The summed E-state index contributed by atoms with van der Waals surface area (Å²) in [6.45, 7) is 0. The van der Waals surface area contributed by atoms with Gasteiger partial charge in [-0.1, -0.05) is 115 Å². The minimum Gasteiger partial charge on any atom is -0.456 e. The van der Waals surface area contributed by atoms with Gasteiger partial charge in [0.25, 0.3) is 0 Å². The maximum atomic E-state index is 6.04. The van der Waals surface area contributed by atoms with Crippen LogP contribution in [-0.2, 0) is 0 Å². The largest absolute Gasteiger partial charge is 0.456 e. The number of hydrogen-bond donors (Lipinski definition) is 0.